The molecule has 7 nitrogen and oxygen atoms in total. The fourth-order valence-electron chi connectivity index (χ4n) is 1.62. The van der Waals surface area contributed by atoms with Crippen molar-refractivity contribution in [3.63, 3.8) is 0 Å². The number of benzene rings is 1. The van der Waals surface area contributed by atoms with Crippen molar-refractivity contribution in [1.82, 2.24) is 5.32 Å². The number of carbonyl (C=O) groups is 3. The highest BCUT2D eigenvalue weighted by Crippen LogP contribution is 2.25. The number of amides is 2. The van der Waals surface area contributed by atoms with Crippen molar-refractivity contribution in [2.75, 3.05) is 19.0 Å². The molecule has 1 aromatic carbocycles. The van der Waals surface area contributed by atoms with Crippen LogP contribution in [0.25, 0.3) is 0 Å². The molecule has 0 fully saturated rings. The summed E-state index contributed by atoms with van der Waals surface area (Å²) < 4.78 is 5.13. The van der Waals surface area contributed by atoms with E-state index in [1.165, 1.54) is 7.11 Å². The number of carboxylic acid groups (broad SMARTS) is 1. The molecule has 0 heterocycles. The van der Waals surface area contributed by atoms with Crippen LogP contribution >= 0.6 is 0 Å². The van der Waals surface area contributed by atoms with Crippen molar-refractivity contribution in [3.8, 4) is 5.75 Å². The van der Waals surface area contributed by atoms with E-state index in [2.05, 4.69) is 10.6 Å². The molecular weight excluding hydrogens is 276 g/mol. The van der Waals surface area contributed by atoms with E-state index in [0.29, 0.717) is 11.4 Å². The van der Waals surface area contributed by atoms with Crippen LogP contribution in [0.5, 0.6) is 5.75 Å². The first-order chi connectivity index (χ1) is 9.92. The van der Waals surface area contributed by atoms with Crippen molar-refractivity contribution < 1.29 is 24.2 Å². The monoisotopic (exact) mass is 294 g/mol. The number of methoxy groups -OCH3 is 1. The predicted octanol–water partition coefficient (Wildman–Crippen LogP) is 0.923. The van der Waals surface area contributed by atoms with E-state index in [-0.39, 0.29) is 18.7 Å². The molecule has 0 aromatic heterocycles. The molecule has 114 valence electrons. The second-order valence-electron chi connectivity index (χ2n) is 4.42. The second-order valence-corrected chi connectivity index (χ2v) is 4.42. The predicted molar refractivity (Wildman–Crippen MR) is 76.2 cm³/mol. The third-order valence-corrected chi connectivity index (χ3v) is 2.64. The van der Waals surface area contributed by atoms with Gasteiger partial charge in [0.1, 0.15) is 12.3 Å². The zero-order valence-corrected chi connectivity index (χ0v) is 11.9. The fraction of sp³-hybridized carbons (Fsp3) is 0.357. The number of rotatable bonds is 7. The molecule has 2 amide bonds. The van der Waals surface area contributed by atoms with Crippen molar-refractivity contribution in [1.29, 1.82) is 0 Å². The zero-order chi connectivity index (χ0) is 15.8. The minimum atomic E-state index is -1.13. The van der Waals surface area contributed by atoms with Gasteiger partial charge in [-0.3, -0.25) is 14.4 Å². The van der Waals surface area contributed by atoms with Gasteiger partial charge in [-0.05, 0) is 24.6 Å². The number of carbonyl (C=O) groups excluding carboxylic acids is 2. The van der Waals surface area contributed by atoms with Gasteiger partial charge in [0.15, 0.2) is 0 Å². The van der Waals surface area contributed by atoms with E-state index in [4.69, 9.17) is 9.84 Å². The molecule has 3 N–H and O–H groups in total. The van der Waals surface area contributed by atoms with E-state index in [1.807, 2.05) is 13.0 Å². The summed E-state index contributed by atoms with van der Waals surface area (Å²) in [4.78, 5) is 33.4. The minimum Gasteiger partial charge on any atom is -0.495 e. The van der Waals surface area contributed by atoms with E-state index >= 15 is 0 Å². The van der Waals surface area contributed by atoms with Crippen LogP contribution in [-0.4, -0.2) is 36.5 Å². The van der Waals surface area contributed by atoms with Crippen LogP contribution in [0.4, 0.5) is 5.69 Å². The molecule has 0 saturated heterocycles. The van der Waals surface area contributed by atoms with Crippen molar-refractivity contribution in [3.05, 3.63) is 23.8 Å². The standard InChI is InChI=1S/C14H18N2O5/c1-9-3-4-11(21-2)10(7-9)16-13(18)6-5-12(17)15-8-14(19)20/h3-4,7H,5-6,8H2,1-2H3,(H,15,17)(H,16,18)(H,19,20). The van der Waals surface area contributed by atoms with Gasteiger partial charge >= 0.3 is 5.97 Å². The summed E-state index contributed by atoms with van der Waals surface area (Å²) in [5.41, 5.74) is 1.50. The highest BCUT2D eigenvalue weighted by Gasteiger charge is 2.10. The molecule has 0 aliphatic heterocycles. The lowest BCUT2D eigenvalue weighted by Gasteiger charge is -2.11. The molecule has 0 atom stereocenters. The first-order valence-electron chi connectivity index (χ1n) is 6.35. The quantitative estimate of drug-likeness (QED) is 0.693. The second kappa shape index (κ2) is 7.88. The number of aliphatic carboxylic acids is 1. The third kappa shape index (κ3) is 5.94. The van der Waals surface area contributed by atoms with E-state index in [1.54, 1.807) is 12.1 Å². The van der Waals surface area contributed by atoms with E-state index < -0.39 is 18.4 Å². The Hall–Kier alpha value is -2.57. The number of nitrogens with one attached hydrogen (secondary N) is 2. The molecule has 21 heavy (non-hydrogen) atoms. The van der Waals surface area contributed by atoms with Gasteiger partial charge in [0, 0.05) is 12.8 Å². The summed E-state index contributed by atoms with van der Waals surface area (Å²) in [6.45, 7) is 1.43. The maximum atomic E-state index is 11.8. The molecule has 0 aliphatic carbocycles. The Bertz CT molecular complexity index is 542. The lowest BCUT2D eigenvalue weighted by Crippen LogP contribution is -2.29. The van der Waals surface area contributed by atoms with E-state index in [9.17, 15) is 14.4 Å². The van der Waals surface area contributed by atoms with Crippen LogP contribution in [0.2, 0.25) is 0 Å². The van der Waals surface area contributed by atoms with Gasteiger partial charge in [-0.1, -0.05) is 6.07 Å². The average Bonchev–Trinajstić information content (AvgIpc) is 2.43. The molecule has 0 saturated carbocycles. The Morgan fingerprint density at radius 2 is 1.86 bits per heavy atom. The van der Waals surface area contributed by atoms with E-state index in [0.717, 1.165) is 5.56 Å². The van der Waals surface area contributed by atoms with Crippen molar-refractivity contribution >= 4 is 23.5 Å². The maximum absolute atomic E-state index is 11.8. The number of hydrogen-bond acceptors (Lipinski definition) is 4. The molecule has 1 rings (SSSR count). The SMILES string of the molecule is COc1ccc(C)cc1NC(=O)CCC(=O)NCC(=O)O. The normalized spacial score (nSPS) is 9.81. The third-order valence-electron chi connectivity index (χ3n) is 2.64. The molecule has 0 spiro atoms. The summed E-state index contributed by atoms with van der Waals surface area (Å²) >= 11 is 0. The average molecular weight is 294 g/mol. The molecule has 0 radical (unpaired) electrons. The maximum Gasteiger partial charge on any atom is 0.322 e. The van der Waals surface area contributed by atoms with Gasteiger partial charge in [-0.15, -0.1) is 0 Å². The van der Waals surface area contributed by atoms with Crippen LogP contribution in [0, 0.1) is 6.92 Å². The Kier molecular flexibility index (Phi) is 6.19. The highest BCUT2D eigenvalue weighted by molar-refractivity contribution is 5.94. The molecular formula is C14H18N2O5. The number of carboxylic acids is 1. The number of ether oxygens (including phenoxy) is 1. The summed E-state index contributed by atoms with van der Waals surface area (Å²) in [6, 6.07) is 5.36. The van der Waals surface area contributed by atoms with Crippen LogP contribution in [0.15, 0.2) is 18.2 Å². The Balaban J connectivity index is 2.49. The van der Waals surface area contributed by atoms with Gasteiger partial charge in [0.2, 0.25) is 11.8 Å². The molecule has 0 bridgehead atoms. The first kappa shape index (κ1) is 16.5. The highest BCUT2D eigenvalue weighted by atomic mass is 16.5. The fourth-order valence-corrected chi connectivity index (χ4v) is 1.62. The molecule has 7 heteroatoms. The smallest absolute Gasteiger partial charge is 0.322 e. The summed E-state index contributed by atoms with van der Waals surface area (Å²) in [5.74, 6) is -1.42. The Morgan fingerprint density at radius 3 is 2.48 bits per heavy atom. The number of anilines is 1. The van der Waals surface area contributed by atoms with Crippen LogP contribution < -0.4 is 15.4 Å². The van der Waals surface area contributed by atoms with Crippen LogP contribution in [-0.2, 0) is 14.4 Å². The summed E-state index contributed by atoms with van der Waals surface area (Å²) in [6.07, 6.45) is -0.115. The Morgan fingerprint density at radius 1 is 1.19 bits per heavy atom. The largest absolute Gasteiger partial charge is 0.495 e. The van der Waals surface area contributed by atoms with Crippen molar-refractivity contribution in [2.45, 2.75) is 19.8 Å². The van der Waals surface area contributed by atoms with Gasteiger partial charge in [0.05, 0.1) is 12.8 Å². The lowest BCUT2D eigenvalue weighted by molar-refractivity contribution is -0.138. The Labute approximate surface area is 122 Å². The van der Waals surface area contributed by atoms with Crippen molar-refractivity contribution in [2.24, 2.45) is 0 Å². The van der Waals surface area contributed by atoms with Gasteiger partial charge in [-0.25, -0.2) is 0 Å². The summed E-state index contributed by atoms with van der Waals surface area (Å²) in [7, 11) is 1.50. The van der Waals surface area contributed by atoms with Crippen LogP contribution in [0.1, 0.15) is 18.4 Å². The molecule has 0 unspecified atom stereocenters. The number of aryl methyl sites for hydroxylation is 1. The minimum absolute atomic E-state index is 0.0391. The number of hydrogen-bond donors (Lipinski definition) is 3. The van der Waals surface area contributed by atoms with Crippen LogP contribution in [0.3, 0.4) is 0 Å². The summed E-state index contributed by atoms with van der Waals surface area (Å²) in [5, 5.41) is 13.3. The molecule has 1 aromatic rings. The zero-order valence-electron chi connectivity index (χ0n) is 11.9. The van der Waals surface area contributed by atoms with Gasteiger partial charge in [-0.2, -0.15) is 0 Å². The van der Waals surface area contributed by atoms with Gasteiger partial charge < -0.3 is 20.5 Å². The molecule has 0 aliphatic rings. The van der Waals surface area contributed by atoms with Gasteiger partial charge in [0.25, 0.3) is 0 Å². The first-order valence-corrected chi connectivity index (χ1v) is 6.35. The lowest BCUT2D eigenvalue weighted by atomic mass is 10.2. The topological polar surface area (TPSA) is 105 Å².